The molecule has 0 aliphatic carbocycles. The molecule has 7 rings (SSSR count). The molecule has 0 bridgehead atoms. The summed E-state index contributed by atoms with van der Waals surface area (Å²) < 4.78 is 21.1. The van der Waals surface area contributed by atoms with Gasteiger partial charge in [-0.1, -0.05) is 55.7 Å². The molecule has 0 unspecified atom stereocenters. The van der Waals surface area contributed by atoms with Gasteiger partial charge in [-0.3, -0.25) is 4.79 Å². The van der Waals surface area contributed by atoms with E-state index in [1.807, 2.05) is 89.8 Å². The molecule has 0 amide bonds. The summed E-state index contributed by atoms with van der Waals surface area (Å²) >= 11 is 1.30. The third kappa shape index (κ3) is 5.68. The highest BCUT2D eigenvalue weighted by atomic mass is 32.1. The molecule has 1 aliphatic rings. The number of ether oxygens (including phenoxy) is 3. The van der Waals surface area contributed by atoms with Gasteiger partial charge < -0.3 is 14.2 Å². The summed E-state index contributed by atoms with van der Waals surface area (Å²) in [6, 6.07) is 23.3. The van der Waals surface area contributed by atoms with E-state index in [9.17, 15) is 4.79 Å². The zero-order chi connectivity index (χ0) is 29.9. The Kier molecular flexibility index (Phi) is 7.81. The lowest BCUT2D eigenvalue weighted by Gasteiger charge is -2.18. The molecular weight excluding hydrogens is 574 g/mol. The fraction of sp³-hybridized carbons (Fsp3) is 0.235. The molecule has 1 aliphatic heterocycles. The van der Waals surface area contributed by atoms with E-state index in [0.717, 1.165) is 40.2 Å². The Morgan fingerprint density at radius 3 is 2.50 bits per heavy atom. The minimum Gasteiger partial charge on any atom is -0.494 e. The fourth-order valence-corrected chi connectivity index (χ4v) is 6.04. The smallest absolute Gasteiger partial charge is 0.291 e. The Morgan fingerprint density at radius 2 is 1.70 bits per heavy atom. The summed E-state index contributed by atoms with van der Waals surface area (Å²) in [5.74, 6) is 2.71. The predicted molar refractivity (Wildman–Crippen MR) is 171 cm³/mol. The molecule has 6 aromatic rings. The average Bonchev–Trinajstić information content (AvgIpc) is 3.76. The van der Waals surface area contributed by atoms with Crippen LogP contribution >= 0.6 is 11.3 Å². The number of hydrogen-bond donors (Lipinski definition) is 0. The van der Waals surface area contributed by atoms with Crippen LogP contribution in [0.25, 0.3) is 39.4 Å². The van der Waals surface area contributed by atoms with Crippen LogP contribution in [0.1, 0.15) is 38.2 Å². The molecular formula is C34H31N5O4S. The highest BCUT2D eigenvalue weighted by Gasteiger charge is 2.18. The highest BCUT2D eigenvalue weighted by Crippen LogP contribution is 2.35. The van der Waals surface area contributed by atoms with Crippen LogP contribution in [0, 0.1) is 0 Å². The van der Waals surface area contributed by atoms with E-state index in [1.165, 1.54) is 35.1 Å². The third-order valence-electron chi connectivity index (χ3n) is 7.43. The fourth-order valence-electron chi connectivity index (χ4n) is 5.14. The summed E-state index contributed by atoms with van der Waals surface area (Å²) in [6.07, 6.45) is 8.44. The lowest BCUT2D eigenvalue weighted by Crippen LogP contribution is -2.23. The second-order valence-corrected chi connectivity index (χ2v) is 11.6. The molecule has 0 spiro atoms. The number of thiazole rings is 1. The molecule has 44 heavy (non-hydrogen) atoms. The molecule has 3 aromatic heterocycles. The van der Waals surface area contributed by atoms with E-state index >= 15 is 0 Å². The number of unbranched alkanes of at least 4 members (excludes halogenated alkanes) is 3. The van der Waals surface area contributed by atoms with Gasteiger partial charge in [0.15, 0.2) is 17.3 Å². The largest absolute Gasteiger partial charge is 0.494 e. The zero-order valence-electron chi connectivity index (χ0n) is 24.3. The molecule has 222 valence electrons. The van der Waals surface area contributed by atoms with Crippen molar-refractivity contribution < 1.29 is 14.2 Å². The lowest BCUT2D eigenvalue weighted by atomic mass is 10.1. The summed E-state index contributed by atoms with van der Waals surface area (Å²) in [6.45, 7) is 3.92. The van der Waals surface area contributed by atoms with Crippen molar-refractivity contribution >= 4 is 22.4 Å². The van der Waals surface area contributed by atoms with Crippen molar-refractivity contribution in [3.8, 4) is 45.6 Å². The van der Waals surface area contributed by atoms with Crippen LogP contribution in [0.15, 0.2) is 83.8 Å². The first kappa shape index (κ1) is 27.8. The Balaban J connectivity index is 1.20. The van der Waals surface area contributed by atoms with Crippen molar-refractivity contribution in [2.24, 2.45) is 0 Å². The van der Waals surface area contributed by atoms with Crippen LogP contribution in [-0.2, 0) is 0 Å². The van der Waals surface area contributed by atoms with E-state index < -0.39 is 0 Å². The van der Waals surface area contributed by atoms with E-state index in [0.29, 0.717) is 46.6 Å². The lowest BCUT2D eigenvalue weighted by molar-refractivity contribution is 0.171. The molecule has 0 N–H and O–H groups in total. The third-order valence-corrected chi connectivity index (χ3v) is 8.39. The Morgan fingerprint density at radius 1 is 0.909 bits per heavy atom. The number of nitrogens with zero attached hydrogens (tertiary/aromatic N) is 5. The van der Waals surface area contributed by atoms with Crippen molar-refractivity contribution in [2.75, 3.05) is 19.8 Å². The van der Waals surface area contributed by atoms with E-state index in [1.54, 1.807) is 0 Å². The van der Waals surface area contributed by atoms with E-state index in [4.69, 9.17) is 19.3 Å². The quantitative estimate of drug-likeness (QED) is 0.178. The van der Waals surface area contributed by atoms with Crippen molar-refractivity contribution in [3.05, 3.63) is 99.4 Å². The Bertz CT molecular complexity index is 2010. The van der Waals surface area contributed by atoms with Gasteiger partial charge in [0.05, 0.1) is 16.8 Å². The number of aromatic nitrogens is 5. The van der Waals surface area contributed by atoms with Crippen LogP contribution in [0.2, 0.25) is 0 Å². The van der Waals surface area contributed by atoms with Gasteiger partial charge in [0.2, 0.25) is 4.96 Å². The molecule has 0 saturated heterocycles. The maximum Gasteiger partial charge on any atom is 0.291 e. The molecule has 0 atom stereocenters. The van der Waals surface area contributed by atoms with Gasteiger partial charge in [-0.05, 0) is 67.1 Å². The van der Waals surface area contributed by atoms with E-state index in [-0.39, 0.29) is 5.56 Å². The monoisotopic (exact) mass is 605 g/mol. The van der Waals surface area contributed by atoms with Gasteiger partial charge >= 0.3 is 0 Å². The number of rotatable bonds is 10. The van der Waals surface area contributed by atoms with Crippen LogP contribution < -0.4 is 24.3 Å². The first-order chi connectivity index (χ1) is 21.7. The van der Waals surface area contributed by atoms with Crippen molar-refractivity contribution in [3.63, 3.8) is 0 Å². The Labute approximate surface area is 258 Å². The van der Waals surface area contributed by atoms with E-state index in [2.05, 4.69) is 17.0 Å². The number of benzene rings is 3. The SMILES string of the molecule is CCCCCCOc1ccc(-c2nc3s/c(=C\c4cn(-c5ccccc5)nc4-c4ccc5c(c4)OCCO5)c(=O)n3n2)cc1. The highest BCUT2D eigenvalue weighted by molar-refractivity contribution is 7.15. The minimum atomic E-state index is -0.226. The van der Waals surface area contributed by atoms with Gasteiger partial charge in [0.1, 0.15) is 24.7 Å². The second-order valence-electron chi connectivity index (χ2n) is 10.6. The molecule has 0 saturated carbocycles. The molecule has 10 heteroatoms. The first-order valence-corrected chi connectivity index (χ1v) is 15.7. The number of para-hydroxylation sites is 1. The van der Waals surface area contributed by atoms with Gasteiger partial charge in [-0.25, -0.2) is 4.68 Å². The standard InChI is InChI=1S/C34H31N5O4S/c1-2-3-4-8-17-41-27-14-11-23(12-15-27)32-35-34-39(37-32)33(40)30(44-34)21-25-22-38(26-9-6-5-7-10-26)36-31(25)24-13-16-28-29(20-24)43-19-18-42-28/h5-7,9-16,20-22H,2-4,8,17-19H2,1H3/b30-21-. The summed E-state index contributed by atoms with van der Waals surface area (Å²) in [7, 11) is 0. The van der Waals surface area contributed by atoms with Crippen LogP contribution in [0.5, 0.6) is 17.2 Å². The van der Waals surface area contributed by atoms with Crippen molar-refractivity contribution in [2.45, 2.75) is 32.6 Å². The Hall–Kier alpha value is -4.96. The average molecular weight is 606 g/mol. The molecule has 0 radical (unpaired) electrons. The molecule has 0 fully saturated rings. The number of fused-ring (bicyclic) bond motifs is 2. The van der Waals surface area contributed by atoms with Crippen LogP contribution in [0.4, 0.5) is 0 Å². The second kappa shape index (κ2) is 12.3. The predicted octanol–water partition coefficient (Wildman–Crippen LogP) is 5.95. The molecule has 3 aromatic carbocycles. The normalized spacial score (nSPS) is 13.1. The maximum absolute atomic E-state index is 13.5. The zero-order valence-corrected chi connectivity index (χ0v) is 25.1. The first-order valence-electron chi connectivity index (χ1n) is 14.9. The summed E-state index contributed by atoms with van der Waals surface area (Å²) in [5.41, 5.74) is 3.88. The van der Waals surface area contributed by atoms with Gasteiger partial charge in [-0.2, -0.15) is 14.6 Å². The topological polar surface area (TPSA) is 92.8 Å². The van der Waals surface area contributed by atoms with Crippen molar-refractivity contribution in [1.29, 1.82) is 0 Å². The summed E-state index contributed by atoms with van der Waals surface area (Å²) in [5, 5.41) is 9.45. The molecule has 4 heterocycles. The number of hydrogen-bond acceptors (Lipinski definition) is 8. The maximum atomic E-state index is 13.5. The van der Waals surface area contributed by atoms with Crippen molar-refractivity contribution in [1.82, 2.24) is 24.4 Å². The minimum absolute atomic E-state index is 0.226. The van der Waals surface area contributed by atoms with Crippen LogP contribution in [0.3, 0.4) is 0 Å². The van der Waals surface area contributed by atoms with Gasteiger partial charge in [0.25, 0.3) is 5.56 Å². The van der Waals surface area contributed by atoms with Crippen LogP contribution in [-0.4, -0.2) is 44.2 Å². The summed E-state index contributed by atoms with van der Waals surface area (Å²) in [4.78, 5) is 18.7. The van der Waals surface area contributed by atoms with Gasteiger partial charge in [0, 0.05) is 22.9 Å². The van der Waals surface area contributed by atoms with Gasteiger partial charge in [-0.15, -0.1) is 5.10 Å². The molecule has 9 nitrogen and oxygen atoms in total.